The Labute approximate surface area is 127 Å². The molecule has 21 heavy (non-hydrogen) atoms. The van der Waals surface area contributed by atoms with Gasteiger partial charge >= 0.3 is 0 Å². The molecule has 4 heteroatoms. The Morgan fingerprint density at radius 3 is 2.57 bits per heavy atom. The first kappa shape index (κ1) is 16.4. The highest BCUT2D eigenvalue weighted by Crippen LogP contribution is 2.28. The second-order valence-electron chi connectivity index (χ2n) is 6.20. The van der Waals surface area contributed by atoms with E-state index in [9.17, 15) is 4.39 Å². The number of benzene rings is 1. The Hall–Kier alpha value is -0.970. The van der Waals surface area contributed by atoms with Gasteiger partial charge in [-0.1, -0.05) is 19.1 Å². The minimum absolute atomic E-state index is 0.0678. The van der Waals surface area contributed by atoms with E-state index in [1.54, 1.807) is 0 Å². The summed E-state index contributed by atoms with van der Waals surface area (Å²) >= 11 is 0. The highest BCUT2D eigenvalue weighted by molar-refractivity contribution is 5.16. The molecule has 0 bridgehead atoms. The highest BCUT2D eigenvalue weighted by Gasteiger charge is 2.34. The number of halogens is 1. The van der Waals surface area contributed by atoms with E-state index in [0.717, 1.165) is 38.0 Å². The lowest BCUT2D eigenvalue weighted by atomic mass is 9.88. The summed E-state index contributed by atoms with van der Waals surface area (Å²) in [5.41, 5.74) is 7.36. The average Bonchev–Trinajstić information content (AvgIpc) is 2.72. The first-order valence-electron chi connectivity index (χ1n) is 7.98. The van der Waals surface area contributed by atoms with Crippen LogP contribution in [0.15, 0.2) is 24.3 Å². The van der Waals surface area contributed by atoms with Crippen molar-refractivity contribution in [2.24, 2.45) is 5.73 Å². The summed E-state index contributed by atoms with van der Waals surface area (Å²) in [7, 11) is 2.15. The van der Waals surface area contributed by atoms with Gasteiger partial charge in [-0.2, -0.15) is 0 Å². The maximum atomic E-state index is 13.0. The third kappa shape index (κ3) is 4.02. The molecule has 2 rings (SSSR count). The Morgan fingerprint density at radius 1 is 1.24 bits per heavy atom. The molecule has 0 spiro atoms. The summed E-state index contributed by atoms with van der Waals surface area (Å²) in [6, 6.07) is 6.80. The molecule has 1 aromatic carbocycles. The second kappa shape index (κ2) is 7.34. The van der Waals surface area contributed by atoms with Crippen LogP contribution in [0.1, 0.15) is 31.7 Å². The molecule has 1 unspecified atom stereocenters. The van der Waals surface area contributed by atoms with E-state index in [1.165, 1.54) is 25.1 Å². The number of likely N-dealkylation sites (N-methyl/N-ethyl adjacent to an activating group) is 1. The molecule has 1 aliphatic rings. The smallest absolute Gasteiger partial charge is 0.123 e. The van der Waals surface area contributed by atoms with Crippen molar-refractivity contribution in [1.29, 1.82) is 0 Å². The van der Waals surface area contributed by atoms with Gasteiger partial charge < -0.3 is 10.6 Å². The molecule has 0 aliphatic carbocycles. The van der Waals surface area contributed by atoms with Gasteiger partial charge in [0.15, 0.2) is 0 Å². The molecule has 118 valence electrons. The molecular formula is C17H28FN3. The van der Waals surface area contributed by atoms with Crippen LogP contribution in [0.5, 0.6) is 0 Å². The molecule has 2 N–H and O–H groups in total. The van der Waals surface area contributed by atoms with Crippen LogP contribution >= 0.6 is 0 Å². The van der Waals surface area contributed by atoms with Crippen LogP contribution in [-0.4, -0.2) is 48.6 Å². The number of hydrogen-bond acceptors (Lipinski definition) is 3. The predicted molar refractivity (Wildman–Crippen MR) is 85.6 cm³/mol. The Bertz CT molecular complexity index is 434. The summed E-state index contributed by atoms with van der Waals surface area (Å²) in [5.74, 6) is -0.178. The minimum Gasteiger partial charge on any atom is -0.329 e. The SMILES string of the molecule is CCN1CCCC(CN)(N(C)Cc2ccc(F)cc2)CC1. The van der Waals surface area contributed by atoms with E-state index in [4.69, 9.17) is 5.73 Å². The normalized spacial score (nSPS) is 24.2. The number of nitrogens with two attached hydrogens (primary N) is 1. The third-order valence-electron chi connectivity index (χ3n) is 4.98. The maximum Gasteiger partial charge on any atom is 0.123 e. The third-order valence-corrected chi connectivity index (χ3v) is 4.98. The molecule has 0 radical (unpaired) electrons. The first-order valence-corrected chi connectivity index (χ1v) is 7.98. The quantitative estimate of drug-likeness (QED) is 0.905. The van der Waals surface area contributed by atoms with Gasteiger partial charge in [-0.05, 0) is 63.6 Å². The van der Waals surface area contributed by atoms with E-state index in [2.05, 4.69) is 23.8 Å². The lowest BCUT2D eigenvalue weighted by Gasteiger charge is -2.41. The minimum atomic E-state index is -0.178. The van der Waals surface area contributed by atoms with Crippen molar-refractivity contribution in [2.45, 2.75) is 38.3 Å². The molecule has 1 atom stereocenters. The van der Waals surface area contributed by atoms with E-state index in [-0.39, 0.29) is 11.4 Å². The van der Waals surface area contributed by atoms with Gasteiger partial charge in [0.2, 0.25) is 0 Å². The van der Waals surface area contributed by atoms with Crippen molar-refractivity contribution in [3.05, 3.63) is 35.6 Å². The fourth-order valence-electron chi connectivity index (χ4n) is 3.32. The van der Waals surface area contributed by atoms with Gasteiger partial charge in [-0.25, -0.2) is 4.39 Å². The van der Waals surface area contributed by atoms with Crippen LogP contribution in [0.3, 0.4) is 0 Å². The molecule has 3 nitrogen and oxygen atoms in total. The summed E-state index contributed by atoms with van der Waals surface area (Å²) < 4.78 is 13.0. The first-order chi connectivity index (χ1) is 10.1. The summed E-state index contributed by atoms with van der Waals surface area (Å²) in [5, 5.41) is 0. The highest BCUT2D eigenvalue weighted by atomic mass is 19.1. The summed E-state index contributed by atoms with van der Waals surface area (Å²) in [6.45, 7) is 7.12. The van der Waals surface area contributed by atoms with Crippen LogP contribution in [0.4, 0.5) is 4.39 Å². The molecule has 1 fully saturated rings. The van der Waals surface area contributed by atoms with Gasteiger partial charge in [0.25, 0.3) is 0 Å². The zero-order valence-corrected chi connectivity index (χ0v) is 13.3. The molecule has 1 heterocycles. The Morgan fingerprint density at radius 2 is 1.95 bits per heavy atom. The topological polar surface area (TPSA) is 32.5 Å². The van der Waals surface area contributed by atoms with Crippen LogP contribution in [0, 0.1) is 5.82 Å². The van der Waals surface area contributed by atoms with Gasteiger partial charge in [-0.3, -0.25) is 4.90 Å². The van der Waals surface area contributed by atoms with Gasteiger partial charge in [0.05, 0.1) is 0 Å². The van der Waals surface area contributed by atoms with Crippen LogP contribution in [0.25, 0.3) is 0 Å². The summed E-state index contributed by atoms with van der Waals surface area (Å²) in [6.07, 6.45) is 3.44. The zero-order valence-electron chi connectivity index (χ0n) is 13.3. The second-order valence-corrected chi connectivity index (χ2v) is 6.20. The number of nitrogens with zero attached hydrogens (tertiary/aromatic N) is 2. The predicted octanol–water partition coefficient (Wildman–Crippen LogP) is 2.46. The van der Waals surface area contributed by atoms with E-state index in [1.807, 2.05) is 12.1 Å². The Kier molecular flexibility index (Phi) is 5.73. The molecule has 0 aromatic heterocycles. The molecule has 1 aromatic rings. The fraction of sp³-hybridized carbons (Fsp3) is 0.647. The fourth-order valence-corrected chi connectivity index (χ4v) is 3.32. The molecule has 0 amide bonds. The standard InChI is InChI=1S/C17H28FN3/c1-3-21-11-4-9-17(14-19,10-12-21)20(2)13-15-5-7-16(18)8-6-15/h5-8H,3-4,9-14,19H2,1-2H3. The van der Waals surface area contributed by atoms with Gasteiger partial charge in [-0.15, -0.1) is 0 Å². The van der Waals surface area contributed by atoms with Crippen molar-refractivity contribution < 1.29 is 4.39 Å². The van der Waals surface area contributed by atoms with Crippen LogP contribution < -0.4 is 5.73 Å². The van der Waals surface area contributed by atoms with Crippen molar-refractivity contribution in [3.8, 4) is 0 Å². The monoisotopic (exact) mass is 293 g/mol. The van der Waals surface area contributed by atoms with Gasteiger partial charge in [0, 0.05) is 18.6 Å². The van der Waals surface area contributed by atoms with Crippen LogP contribution in [0.2, 0.25) is 0 Å². The van der Waals surface area contributed by atoms with Crippen molar-refractivity contribution >= 4 is 0 Å². The molecule has 1 aliphatic heterocycles. The number of rotatable bonds is 5. The van der Waals surface area contributed by atoms with Crippen molar-refractivity contribution in [2.75, 3.05) is 33.2 Å². The largest absolute Gasteiger partial charge is 0.329 e. The molecular weight excluding hydrogens is 265 g/mol. The average molecular weight is 293 g/mol. The zero-order chi connectivity index (χ0) is 15.3. The molecule has 0 saturated carbocycles. The lowest BCUT2D eigenvalue weighted by molar-refractivity contribution is 0.0994. The number of likely N-dealkylation sites (tertiary alicyclic amines) is 1. The maximum absolute atomic E-state index is 13.0. The van der Waals surface area contributed by atoms with Crippen molar-refractivity contribution in [3.63, 3.8) is 0 Å². The lowest BCUT2D eigenvalue weighted by Crippen LogP contribution is -2.52. The van der Waals surface area contributed by atoms with Crippen molar-refractivity contribution in [1.82, 2.24) is 9.80 Å². The molecule has 1 saturated heterocycles. The van der Waals surface area contributed by atoms with Gasteiger partial charge in [0.1, 0.15) is 5.82 Å². The van der Waals surface area contributed by atoms with E-state index < -0.39 is 0 Å². The van der Waals surface area contributed by atoms with Crippen LogP contribution in [-0.2, 0) is 6.54 Å². The number of hydrogen-bond donors (Lipinski definition) is 1. The summed E-state index contributed by atoms with van der Waals surface area (Å²) in [4.78, 5) is 4.88. The van der Waals surface area contributed by atoms with E-state index in [0.29, 0.717) is 6.54 Å². The van der Waals surface area contributed by atoms with E-state index >= 15 is 0 Å². The Balaban J connectivity index is 2.06.